The number of rotatable bonds is 4. The van der Waals surface area contributed by atoms with Gasteiger partial charge in [-0.15, -0.1) is 0 Å². The molecule has 0 aromatic carbocycles. The Hall–Kier alpha value is -1.49. The van der Waals surface area contributed by atoms with Crippen LogP contribution < -0.4 is 10.2 Å². The molecule has 4 rings (SSSR count). The predicted molar refractivity (Wildman–Crippen MR) is 119 cm³/mol. The number of aromatic nitrogens is 2. The van der Waals surface area contributed by atoms with Gasteiger partial charge in [0, 0.05) is 43.9 Å². The lowest BCUT2D eigenvalue weighted by Gasteiger charge is -2.47. The Labute approximate surface area is 177 Å². The summed E-state index contributed by atoms with van der Waals surface area (Å²) < 4.78 is 0. The van der Waals surface area contributed by atoms with E-state index in [9.17, 15) is 4.79 Å². The standard InChI is InChI=1S/C13H22O.C11H18N4/c1-10(2)12(14)11-4-8-13(9-5-11)6-3-7-13;1-9(2)11-13-7-10(8-14-11)15-5-3-12-4-6-15/h10-11H,3-9H2,1-2H3;7-9,12H,3-6H2,1-2H3. The number of nitrogens with one attached hydrogen (secondary N) is 1. The van der Waals surface area contributed by atoms with Crippen LogP contribution in [0.2, 0.25) is 0 Å². The SMILES string of the molecule is CC(C)C(=O)C1CCC2(CCC2)CC1.CC(C)c1ncc(N2CCNCC2)cn1. The van der Waals surface area contributed by atoms with Gasteiger partial charge in [0.1, 0.15) is 11.6 Å². The van der Waals surface area contributed by atoms with E-state index >= 15 is 0 Å². The molecule has 3 aliphatic rings. The molecule has 162 valence electrons. The van der Waals surface area contributed by atoms with Crippen LogP contribution >= 0.6 is 0 Å². The zero-order chi connectivity index (χ0) is 20.9. The third kappa shape index (κ3) is 5.78. The van der Waals surface area contributed by atoms with Crippen molar-refractivity contribution in [3.63, 3.8) is 0 Å². The lowest BCUT2D eigenvalue weighted by atomic mass is 9.58. The lowest BCUT2D eigenvalue weighted by molar-refractivity contribution is -0.128. The first-order valence-corrected chi connectivity index (χ1v) is 11.7. The van der Waals surface area contributed by atoms with E-state index in [1.807, 2.05) is 26.2 Å². The highest BCUT2D eigenvalue weighted by Crippen LogP contribution is 2.52. The molecule has 1 spiro atoms. The molecule has 5 nitrogen and oxygen atoms in total. The van der Waals surface area contributed by atoms with Gasteiger partial charge >= 0.3 is 0 Å². The van der Waals surface area contributed by atoms with Gasteiger partial charge in [-0.1, -0.05) is 34.1 Å². The van der Waals surface area contributed by atoms with Crippen LogP contribution in [0.25, 0.3) is 0 Å². The van der Waals surface area contributed by atoms with Gasteiger partial charge in [0.15, 0.2) is 0 Å². The molecule has 0 radical (unpaired) electrons. The van der Waals surface area contributed by atoms with Crippen molar-refractivity contribution in [2.24, 2.45) is 17.3 Å². The average molecular weight is 401 g/mol. The fraction of sp³-hybridized carbons (Fsp3) is 0.792. The number of hydrogen-bond donors (Lipinski definition) is 1. The van der Waals surface area contributed by atoms with Crippen LogP contribution in [-0.4, -0.2) is 41.9 Å². The highest BCUT2D eigenvalue weighted by molar-refractivity contribution is 5.82. The number of ketones is 1. The summed E-state index contributed by atoms with van der Waals surface area (Å²) in [6.45, 7) is 12.5. The van der Waals surface area contributed by atoms with E-state index in [2.05, 4.69) is 34.0 Å². The van der Waals surface area contributed by atoms with Crippen LogP contribution in [0, 0.1) is 17.3 Å². The maximum atomic E-state index is 11.8. The van der Waals surface area contributed by atoms with E-state index in [0.717, 1.165) is 37.7 Å². The first-order chi connectivity index (χ1) is 13.9. The molecule has 0 unspecified atom stereocenters. The second-order valence-electron chi connectivity index (χ2n) is 9.88. The van der Waals surface area contributed by atoms with Crippen LogP contribution in [0.5, 0.6) is 0 Å². The van der Waals surface area contributed by atoms with E-state index in [1.54, 1.807) is 0 Å². The fourth-order valence-corrected chi connectivity index (χ4v) is 4.88. The molecular formula is C24H40N4O. The average Bonchev–Trinajstić information content (AvgIpc) is 2.73. The molecule has 0 amide bonds. The van der Waals surface area contributed by atoms with Gasteiger partial charge in [-0.2, -0.15) is 0 Å². The van der Waals surface area contributed by atoms with Crippen molar-refractivity contribution >= 4 is 11.5 Å². The predicted octanol–water partition coefficient (Wildman–Crippen LogP) is 4.58. The molecule has 0 bridgehead atoms. The van der Waals surface area contributed by atoms with Gasteiger partial charge in [0.25, 0.3) is 0 Å². The smallest absolute Gasteiger partial charge is 0.138 e. The van der Waals surface area contributed by atoms with Gasteiger partial charge in [-0.05, 0) is 43.9 Å². The monoisotopic (exact) mass is 400 g/mol. The minimum absolute atomic E-state index is 0.246. The van der Waals surface area contributed by atoms with E-state index in [0.29, 0.717) is 23.0 Å². The van der Waals surface area contributed by atoms with Crippen LogP contribution in [0.3, 0.4) is 0 Å². The Morgan fingerprint density at radius 3 is 2.07 bits per heavy atom. The van der Waals surface area contributed by atoms with Crippen LogP contribution in [0.4, 0.5) is 5.69 Å². The molecule has 1 aliphatic heterocycles. The van der Waals surface area contributed by atoms with Gasteiger partial charge in [0.05, 0.1) is 18.1 Å². The normalized spacial score (nSPS) is 21.7. The largest absolute Gasteiger partial charge is 0.366 e. The maximum absolute atomic E-state index is 11.8. The van der Waals surface area contributed by atoms with Crippen molar-refractivity contribution in [1.82, 2.24) is 15.3 Å². The molecule has 29 heavy (non-hydrogen) atoms. The van der Waals surface area contributed by atoms with Gasteiger partial charge in [-0.25, -0.2) is 9.97 Å². The molecule has 2 heterocycles. The summed E-state index contributed by atoms with van der Waals surface area (Å²) >= 11 is 0. The third-order valence-electron chi connectivity index (χ3n) is 7.09. The summed E-state index contributed by atoms with van der Waals surface area (Å²) in [4.78, 5) is 22.9. The minimum atomic E-state index is 0.246. The number of piperazine rings is 1. The first-order valence-electron chi connectivity index (χ1n) is 11.7. The molecule has 3 fully saturated rings. The fourth-order valence-electron chi connectivity index (χ4n) is 4.88. The Bertz CT molecular complexity index is 635. The quantitative estimate of drug-likeness (QED) is 0.801. The number of carbonyl (C=O) groups excluding carboxylic acids is 1. The molecule has 2 aliphatic carbocycles. The van der Waals surface area contributed by atoms with E-state index in [-0.39, 0.29) is 5.92 Å². The molecule has 1 aromatic heterocycles. The van der Waals surface area contributed by atoms with Gasteiger partial charge < -0.3 is 10.2 Å². The molecule has 1 aromatic rings. The van der Waals surface area contributed by atoms with Crippen LogP contribution in [0.1, 0.15) is 84.4 Å². The van der Waals surface area contributed by atoms with E-state index < -0.39 is 0 Å². The number of carbonyl (C=O) groups is 1. The second-order valence-corrected chi connectivity index (χ2v) is 9.88. The number of nitrogens with zero attached hydrogens (tertiary/aromatic N) is 3. The summed E-state index contributed by atoms with van der Waals surface area (Å²) in [5.74, 6) is 2.49. The third-order valence-corrected chi connectivity index (χ3v) is 7.09. The van der Waals surface area contributed by atoms with Gasteiger partial charge in [0.2, 0.25) is 0 Å². The molecule has 5 heteroatoms. The van der Waals surface area contributed by atoms with Crippen molar-refractivity contribution in [3.05, 3.63) is 18.2 Å². The number of hydrogen-bond acceptors (Lipinski definition) is 5. The highest BCUT2D eigenvalue weighted by atomic mass is 16.1. The summed E-state index contributed by atoms with van der Waals surface area (Å²) in [6, 6.07) is 0. The summed E-state index contributed by atoms with van der Waals surface area (Å²) in [7, 11) is 0. The summed E-state index contributed by atoms with van der Waals surface area (Å²) in [6.07, 6.45) is 13.2. The number of anilines is 1. The van der Waals surface area contributed by atoms with Crippen molar-refractivity contribution < 1.29 is 4.79 Å². The van der Waals surface area contributed by atoms with Gasteiger partial charge in [-0.3, -0.25) is 4.79 Å². The highest BCUT2D eigenvalue weighted by Gasteiger charge is 2.41. The van der Waals surface area contributed by atoms with Crippen molar-refractivity contribution in [2.45, 2.75) is 78.6 Å². The van der Waals surface area contributed by atoms with Crippen molar-refractivity contribution in [3.8, 4) is 0 Å². The van der Waals surface area contributed by atoms with Crippen molar-refractivity contribution in [1.29, 1.82) is 0 Å². The maximum Gasteiger partial charge on any atom is 0.138 e. The molecule has 2 saturated carbocycles. The number of Topliss-reactive ketones (excluding diaryl/α,β-unsaturated/α-hetero) is 1. The Morgan fingerprint density at radius 2 is 1.62 bits per heavy atom. The topological polar surface area (TPSA) is 58.1 Å². The lowest BCUT2D eigenvalue weighted by Crippen LogP contribution is -2.43. The van der Waals surface area contributed by atoms with Crippen LogP contribution in [0.15, 0.2) is 12.4 Å². The molecule has 0 atom stereocenters. The molecule has 1 saturated heterocycles. The Kier molecular flexibility index (Phi) is 7.66. The zero-order valence-corrected chi connectivity index (χ0v) is 18.9. The minimum Gasteiger partial charge on any atom is -0.366 e. The summed E-state index contributed by atoms with van der Waals surface area (Å²) in [5.41, 5.74) is 1.84. The molecule has 1 N–H and O–H groups in total. The van der Waals surface area contributed by atoms with Crippen LogP contribution in [-0.2, 0) is 4.79 Å². The Morgan fingerprint density at radius 1 is 1.03 bits per heavy atom. The van der Waals surface area contributed by atoms with E-state index in [1.165, 1.54) is 44.9 Å². The molecular weight excluding hydrogens is 360 g/mol. The zero-order valence-electron chi connectivity index (χ0n) is 18.9. The summed E-state index contributed by atoms with van der Waals surface area (Å²) in [5, 5.41) is 3.33. The Balaban J connectivity index is 0.000000166. The van der Waals surface area contributed by atoms with E-state index in [4.69, 9.17) is 0 Å². The first kappa shape index (κ1) is 22.2. The van der Waals surface area contributed by atoms with Crippen molar-refractivity contribution in [2.75, 3.05) is 31.1 Å². The second kappa shape index (κ2) is 10.0.